The summed E-state index contributed by atoms with van der Waals surface area (Å²) in [6, 6.07) is 3.56. The minimum Gasteiger partial charge on any atom is -0.343 e. The summed E-state index contributed by atoms with van der Waals surface area (Å²) in [5.41, 5.74) is 0. The molecule has 0 radical (unpaired) electrons. The fourth-order valence-electron chi connectivity index (χ4n) is 3.03. The van der Waals surface area contributed by atoms with Crippen LogP contribution in [0.5, 0.6) is 0 Å². The Kier molecular flexibility index (Phi) is 9.97. The Morgan fingerprint density at radius 2 is 1.89 bits per heavy atom. The van der Waals surface area contributed by atoms with Crippen LogP contribution in [0.25, 0.3) is 0 Å². The van der Waals surface area contributed by atoms with Gasteiger partial charge in [0.1, 0.15) is 4.90 Å². The van der Waals surface area contributed by atoms with Gasteiger partial charge in [-0.2, -0.15) is 0 Å². The van der Waals surface area contributed by atoms with E-state index < -0.39 is 10.0 Å². The maximum absolute atomic E-state index is 12.3. The van der Waals surface area contributed by atoms with Gasteiger partial charge in [0, 0.05) is 44.5 Å². The molecule has 0 unspecified atom stereocenters. The van der Waals surface area contributed by atoms with Crippen molar-refractivity contribution in [1.29, 1.82) is 0 Å². The number of carbonyl (C=O) groups excluding carboxylic acids is 1. The zero-order chi connectivity index (χ0) is 17.7. The normalized spacial score (nSPS) is 17.7. The van der Waals surface area contributed by atoms with E-state index in [0.717, 1.165) is 38.4 Å². The van der Waals surface area contributed by atoms with Crippen LogP contribution in [0, 0.1) is 5.92 Å². The number of piperidine rings is 1. The molecular weight excluding hydrogens is 411 g/mol. The Morgan fingerprint density at radius 1 is 1.19 bits per heavy atom. The van der Waals surface area contributed by atoms with E-state index >= 15 is 0 Å². The molecule has 3 rings (SSSR count). The van der Waals surface area contributed by atoms with E-state index in [-0.39, 0.29) is 48.6 Å². The van der Waals surface area contributed by atoms with Crippen LogP contribution < -0.4 is 10.0 Å². The van der Waals surface area contributed by atoms with Crippen LogP contribution in [0.15, 0.2) is 29.4 Å². The van der Waals surface area contributed by atoms with Crippen molar-refractivity contribution >= 4 is 40.7 Å². The third-order valence-electron chi connectivity index (χ3n) is 4.82. The van der Waals surface area contributed by atoms with E-state index in [1.807, 2.05) is 4.90 Å². The molecule has 2 heterocycles. The SMILES string of the molecule is Cl.Cl.O=C(CCNS(=O)(=O)c1cccnc1)N1CCC(NCC2CC2)CC1. The summed E-state index contributed by atoms with van der Waals surface area (Å²) in [6.07, 6.45) is 7.63. The van der Waals surface area contributed by atoms with Crippen molar-refractivity contribution in [2.45, 2.75) is 43.0 Å². The lowest BCUT2D eigenvalue weighted by atomic mass is 10.0. The van der Waals surface area contributed by atoms with Gasteiger partial charge in [0.05, 0.1) is 0 Å². The van der Waals surface area contributed by atoms with E-state index in [0.29, 0.717) is 6.04 Å². The van der Waals surface area contributed by atoms with Gasteiger partial charge in [-0.1, -0.05) is 0 Å². The van der Waals surface area contributed by atoms with Gasteiger partial charge < -0.3 is 10.2 Å². The van der Waals surface area contributed by atoms with E-state index in [4.69, 9.17) is 0 Å². The first-order valence-corrected chi connectivity index (χ1v) is 10.4. The lowest BCUT2D eigenvalue weighted by Crippen LogP contribution is -2.46. The second kappa shape index (κ2) is 11.2. The molecule has 7 nitrogen and oxygen atoms in total. The predicted octanol–water partition coefficient (Wildman–Crippen LogP) is 1.58. The van der Waals surface area contributed by atoms with Gasteiger partial charge in [-0.25, -0.2) is 13.1 Å². The molecule has 1 amide bonds. The Balaban J connectivity index is 0.00000182. The highest BCUT2D eigenvalue weighted by molar-refractivity contribution is 7.89. The smallest absolute Gasteiger partial charge is 0.242 e. The standard InChI is InChI=1S/C17H26N4O3S.2ClH/c22-17(5-9-20-25(23,24)16-2-1-8-18-13-16)21-10-6-15(7-11-21)19-12-14-3-4-14;;/h1-2,8,13-15,19-20H,3-7,9-12H2;2*1H. The molecular formula is C17H28Cl2N4O3S. The van der Waals surface area contributed by atoms with E-state index in [1.165, 1.54) is 31.3 Å². The average molecular weight is 439 g/mol. The zero-order valence-corrected chi connectivity index (χ0v) is 17.6. The monoisotopic (exact) mass is 438 g/mol. The molecule has 0 atom stereocenters. The molecule has 10 heteroatoms. The lowest BCUT2D eigenvalue weighted by molar-refractivity contribution is -0.132. The number of hydrogen-bond donors (Lipinski definition) is 2. The number of sulfonamides is 1. The number of rotatable bonds is 8. The quantitative estimate of drug-likeness (QED) is 0.642. The van der Waals surface area contributed by atoms with E-state index in [1.54, 1.807) is 6.07 Å². The average Bonchev–Trinajstić information content (AvgIpc) is 3.45. The second-order valence-corrected chi connectivity index (χ2v) is 8.61. The van der Waals surface area contributed by atoms with Gasteiger partial charge in [0.15, 0.2) is 0 Å². The Bertz CT molecular complexity index is 679. The molecule has 27 heavy (non-hydrogen) atoms. The van der Waals surface area contributed by atoms with Crippen molar-refractivity contribution in [2.75, 3.05) is 26.2 Å². The fraction of sp³-hybridized carbons (Fsp3) is 0.647. The van der Waals surface area contributed by atoms with Crippen LogP contribution in [0.3, 0.4) is 0 Å². The third-order valence-corrected chi connectivity index (χ3v) is 6.26. The molecule has 1 aliphatic heterocycles. The number of nitrogens with one attached hydrogen (secondary N) is 2. The molecule has 2 fully saturated rings. The second-order valence-electron chi connectivity index (χ2n) is 6.84. The van der Waals surface area contributed by atoms with Gasteiger partial charge >= 0.3 is 0 Å². The molecule has 1 aromatic rings. The predicted molar refractivity (Wildman–Crippen MR) is 109 cm³/mol. The highest BCUT2D eigenvalue weighted by Crippen LogP contribution is 2.28. The number of likely N-dealkylation sites (tertiary alicyclic amines) is 1. The third kappa shape index (κ3) is 7.54. The molecule has 2 aliphatic rings. The lowest BCUT2D eigenvalue weighted by Gasteiger charge is -2.32. The molecule has 154 valence electrons. The maximum atomic E-state index is 12.3. The number of hydrogen-bond acceptors (Lipinski definition) is 5. The highest BCUT2D eigenvalue weighted by Gasteiger charge is 2.26. The van der Waals surface area contributed by atoms with Crippen LogP contribution in [-0.2, 0) is 14.8 Å². The number of amides is 1. The minimum atomic E-state index is -3.60. The Labute approximate surface area is 173 Å². The van der Waals surface area contributed by atoms with Crippen LogP contribution in [0.4, 0.5) is 0 Å². The number of halogens is 2. The van der Waals surface area contributed by atoms with Crippen molar-refractivity contribution in [3.8, 4) is 0 Å². The summed E-state index contributed by atoms with van der Waals surface area (Å²) < 4.78 is 26.6. The van der Waals surface area contributed by atoms with Gasteiger partial charge in [0.2, 0.25) is 15.9 Å². The van der Waals surface area contributed by atoms with Crippen molar-refractivity contribution in [1.82, 2.24) is 19.9 Å². The summed E-state index contributed by atoms with van der Waals surface area (Å²) in [7, 11) is -3.60. The number of carbonyl (C=O) groups is 1. The van der Waals surface area contributed by atoms with Crippen LogP contribution in [-0.4, -0.2) is 56.4 Å². The van der Waals surface area contributed by atoms with Crippen LogP contribution >= 0.6 is 24.8 Å². The summed E-state index contributed by atoms with van der Waals surface area (Å²) in [5.74, 6) is 0.877. The first-order valence-electron chi connectivity index (χ1n) is 8.95. The summed E-state index contributed by atoms with van der Waals surface area (Å²) in [4.78, 5) is 18.0. The van der Waals surface area contributed by atoms with E-state index in [9.17, 15) is 13.2 Å². The molecule has 0 aromatic carbocycles. The highest BCUT2D eigenvalue weighted by atomic mass is 35.5. The van der Waals surface area contributed by atoms with Gasteiger partial charge in [0.25, 0.3) is 0 Å². The summed E-state index contributed by atoms with van der Waals surface area (Å²) >= 11 is 0. The number of nitrogens with zero attached hydrogens (tertiary/aromatic N) is 2. The first kappa shape index (κ1) is 24.1. The van der Waals surface area contributed by atoms with Gasteiger partial charge in [-0.3, -0.25) is 9.78 Å². The molecule has 1 aromatic heterocycles. The van der Waals surface area contributed by atoms with Crippen molar-refractivity contribution in [3.63, 3.8) is 0 Å². The number of aromatic nitrogens is 1. The molecule has 0 bridgehead atoms. The largest absolute Gasteiger partial charge is 0.343 e. The number of pyridine rings is 1. The van der Waals surface area contributed by atoms with Crippen LogP contribution in [0.1, 0.15) is 32.1 Å². The Morgan fingerprint density at radius 3 is 2.48 bits per heavy atom. The first-order chi connectivity index (χ1) is 12.0. The van der Waals surface area contributed by atoms with E-state index in [2.05, 4.69) is 15.0 Å². The molecule has 1 saturated carbocycles. The molecule has 1 saturated heterocycles. The minimum absolute atomic E-state index is 0. The van der Waals surface area contributed by atoms with Crippen molar-refractivity contribution < 1.29 is 13.2 Å². The maximum Gasteiger partial charge on any atom is 0.242 e. The van der Waals surface area contributed by atoms with Crippen LogP contribution in [0.2, 0.25) is 0 Å². The Hall–Kier alpha value is -0.930. The summed E-state index contributed by atoms with van der Waals surface area (Å²) in [5, 5.41) is 3.59. The van der Waals surface area contributed by atoms with Gasteiger partial charge in [-0.15, -0.1) is 24.8 Å². The fourth-order valence-corrected chi connectivity index (χ4v) is 4.02. The topological polar surface area (TPSA) is 91.4 Å². The molecule has 1 aliphatic carbocycles. The molecule has 0 spiro atoms. The van der Waals surface area contributed by atoms with Crippen molar-refractivity contribution in [2.24, 2.45) is 5.92 Å². The molecule has 2 N–H and O–H groups in total. The zero-order valence-electron chi connectivity index (χ0n) is 15.2. The van der Waals surface area contributed by atoms with Crippen molar-refractivity contribution in [3.05, 3.63) is 24.5 Å². The summed E-state index contributed by atoms with van der Waals surface area (Å²) in [6.45, 7) is 2.71. The van der Waals surface area contributed by atoms with Gasteiger partial charge in [-0.05, 0) is 50.3 Å².